The lowest BCUT2D eigenvalue weighted by Gasteiger charge is -2.19. The molecule has 146 valence electrons. The molecule has 0 bridgehead atoms. The summed E-state index contributed by atoms with van der Waals surface area (Å²) < 4.78 is 7.21. The van der Waals surface area contributed by atoms with Crippen LogP contribution >= 0.6 is 0 Å². The smallest absolute Gasteiger partial charge is 0.338 e. The van der Waals surface area contributed by atoms with Gasteiger partial charge < -0.3 is 10.1 Å². The van der Waals surface area contributed by atoms with Crippen molar-refractivity contribution < 1.29 is 9.53 Å². The van der Waals surface area contributed by atoms with Crippen molar-refractivity contribution >= 4 is 5.97 Å². The van der Waals surface area contributed by atoms with Gasteiger partial charge in [-0.15, -0.1) is 0 Å². The molecule has 0 radical (unpaired) electrons. The lowest BCUT2D eigenvalue weighted by molar-refractivity contribution is 0.00695. The van der Waals surface area contributed by atoms with Gasteiger partial charge >= 0.3 is 5.97 Å². The summed E-state index contributed by atoms with van der Waals surface area (Å²) in [6, 6.07) is 11.4. The predicted molar refractivity (Wildman–Crippen MR) is 109 cm³/mol. The van der Waals surface area contributed by atoms with Crippen molar-refractivity contribution in [3.8, 4) is 11.3 Å². The number of hydrogen-bond donors (Lipinski definition) is 1. The van der Waals surface area contributed by atoms with Crippen LogP contribution in [-0.4, -0.2) is 26.3 Å². The third-order valence-corrected chi connectivity index (χ3v) is 4.09. The number of esters is 1. The van der Waals surface area contributed by atoms with Crippen molar-refractivity contribution in [2.24, 2.45) is 7.05 Å². The number of carbonyl (C=O) groups excluding carboxylic acids is 1. The van der Waals surface area contributed by atoms with E-state index in [0.717, 1.165) is 22.4 Å². The molecule has 1 N–H and O–H groups in total. The lowest BCUT2D eigenvalue weighted by atomic mass is 10.1. The first-order valence-electron chi connectivity index (χ1n) is 9.28. The molecule has 28 heavy (non-hydrogen) atoms. The second-order valence-corrected chi connectivity index (χ2v) is 7.71. The fraction of sp³-hybridized carbons (Fsp3) is 0.318. The minimum atomic E-state index is -0.493. The molecule has 0 saturated heterocycles. The topological polar surface area (TPSA) is 69.0 Å². The standard InChI is InChI=1S/C22H26N4O2/c1-22(2,3)28-21(27)18-7-5-16(6-8-18)13-24-14-19-15-26(4)25-20(19)17-9-11-23-12-10-17/h5-12,15,24H,13-14H2,1-4H3. The van der Waals surface area contributed by atoms with Crippen LogP contribution in [0, 0.1) is 0 Å². The Morgan fingerprint density at radius 1 is 1.07 bits per heavy atom. The summed E-state index contributed by atoms with van der Waals surface area (Å²) in [5.41, 5.74) is 4.30. The minimum Gasteiger partial charge on any atom is -0.456 e. The van der Waals surface area contributed by atoms with Crippen LogP contribution in [0.25, 0.3) is 11.3 Å². The van der Waals surface area contributed by atoms with E-state index < -0.39 is 5.60 Å². The van der Waals surface area contributed by atoms with Crippen LogP contribution < -0.4 is 5.32 Å². The first-order chi connectivity index (χ1) is 13.3. The van der Waals surface area contributed by atoms with Crippen molar-refractivity contribution in [1.29, 1.82) is 0 Å². The molecule has 0 aliphatic carbocycles. The predicted octanol–water partition coefficient (Wildman–Crippen LogP) is 3.73. The summed E-state index contributed by atoms with van der Waals surface area (Å²) in [4.78, 5) is 16.2. The van der Waals surface area contributed by atoms with Crippen LogP contribution in [0.2, 0.25) is 0 Å². The zero-order valence-corrected chi connectivity index (χ0v) is 16.8. The van der Waals surface area contributed by atoms with Crippen LogP contribution in [0.5, 0.6) is 0 Å². The van der Waals surface area contributed by atoms with Gasteiger partial charge in [-0.05, 0) is 50.6 Å². The van der Waals surface area contributed by atoms with Gasteiger partial charge in [-0.2, -0.15) is 5.10 Å². The minimum absolute atomic E-state index is 0.302. The van der Waals surface area contributed by atoms with E-state index in [1.54, 1.807) is 24.5 Å². The van der Waals surface area contributed by atoms with Crippen molar-refractivity contribution in [3.05, 3.63) is 71.7 Å². The maximum absolute atomic E-state index is 12.1. The number of nitrogens with one attached hydrogen (secondary N) is 1. The molecule has 3 rings (SSSR count). The zero-order valence-electron chi connectivity index (χ0n) is 16.8. The van der Waals surface area contributed by atoms with Crippen molar-refractivity contribution in [2.75, 3.05) is 0 Å². The van der Waals surface area contributed by atoms with Gasteiger partial charge in [-0.1, -0.05) is 12.1 Å². The Hall–Kier alpha value is -2.99. The molecule has 6 nitrogen and oxygen atoms in total. The number of carbonyl (C=O) groups is 1. The van der Waals surface area contributed by atoms with Gasteiger partial charge in [-0.25, -0.2) is 4.79 Å². The summed E-state index contributed by atoms with van der Waals surface area (Å²) >= 11 is 0. The maximum atomic E-state index is 12.1. The summed E-state index contributed by atoms with van der Waals surface area (Å²) in [6.07, 6.45) is 5.56. The molecule has 6 heteroatoms. The number of hydrogen-bond acceptors (Lipinski definition) is 5. The fourth-order valence-corrected chi connectivity index (χ4v) is 2.86. The lowest BCUT2D eigenvalue weighted by Crippen LogP contribution is -2.23. The molecule has 0 saturated carbocycles. The Labute approximate surface area is 165 Å². The van der Waals surface area contributed by atoms with Gasteiger partial charge in [-0.3, -0.25) is 9.67 Å². The molecule has 0 amide bonds. The molecule has 3 aromatic rings. The number of rotatable bonds is 6. The Kier molecular flexibility index (Phi) is 5.90. The maximum Gasteiger partial charge on any atom is 0.338 e. The monoisotopic (exact) mass is 378 g/mol. The largest absolute Gasteiger partial charge is 0.456 e. The van der Waals surface area contributed by atoms with E-state index >= 15 is 0 Å². The quantitative estimate of drug-likeness (QED) is 0.662. The number of pyridine rings is 1. The summed E-state index contributed by atoms with van der Waals surface area (Å²) in [5.74, 6) is -0.302. The SMILES string of the molecule is Cn1cc(CNCc2ccc(C(=O)OC(C)(C)C)cc2)c(-c2ccncc2)n1. The molecular weight excluding hydrogens is 352 g/mol. The van der Waals surface area contributed by atoms with Crippen LogP contribution in [0.15, 0.2) is 55.0 Å². The number of benzene rings is 1. The van der Waals surface area contributed by atoms with E-state index in [1.165, 1.54) is 0 Å². The van der Waals surface area contributed by atoms with Crippen molar-refractivity contribution in [1.82, 2.24) is 20.1 Å². The molecule has 1 aromatic carbocycles. The molecule has 0 unspecified atom stereocenters. The Morgan fingerprint density at radius 2 is 1.75 bits per heavy atom. The van der Waals surface area contributed by atoms with Crippen molar-refractivity contribution in [3.63, 3.8) is 0 Å². The van der Waals surface area contributed by atoms with Gasteiger partial charge in [0.15, 0.2) is 0 Å². The molecule has 0 spiro atoms. The normalized spacial score (nSPS) is 11.4. The highest BCUT2D eigenvalue weighted by molar-refractivity contribution is 5.89. The Morgan fingerprint density at radius 3 is 2.39 bits per heavy atom. The third-order valence-electron chi connectivity index (χ3n) is 4.09. The summed E-state index contributed by atoms with van der Waals surface area (Å²) in [6.45, 7) is 6.98. The molecular formula is C22H26N4O2. The summed E-state index contributed by atoms with van der Waals surface area (Å²) in [7, 11) is 1.92. The summed E-state index contributed by atoms with van der Waals surface area (Å²) in [5, 5.41) is 8.01. The first-order valence-corrected chi connectivity index (χ1v) is 9.28. The molecule has 0 atom stereocenters. The van der Waals surface area contributed by atoms with E-state index in [-0.39, 0.29) is 5.97 Å². The van der Waals surface area contributed by atoms with Crippen LogP contribution in [0.3, 0.4) is 0 Å². The molecule has 0 aliphatic heterocycles. The fourth-order valence-electron chi connectivity index (χ4n) is 2.86. The van der Waals surface area contributed by atoms with Gasteiger partial charge in [0.1, 0.15) is 5.60 Å². The first kappa shape index (κ1) is 19.8. The zero-order chi connectivity index (χ0) is 20.1. The van der Waals surface area contributed by atoms with Gasteiger partial charge in [0.25, 0.3) is 0 Å². The number of nitrogens with zero attached hydrogens (tertiary/aromatic N) is 3. The van der Waals surface area contributed by atoms with Crippen LogP contribution in [-0.2, 0) is 24.9 Å². The number of aryl methyl sites for hydroxylation is 1. The highest BCUT2D eigenvalue weighted by atomic mass is 16.6. The Bertz CT molecular complexity index is 925. The molecule has 2 heterocycles. The van der Waals surface area contributed by atoms with E-state index in [9.17, 15) is 4.79 Å². The second-order valence-electron chi connectivity index (χ2n) is 7.71. The average Bonchev–Trinajstić information content (AvgIpc) is 3.02. The van der Waals surface area contributed by atoms with E-state index in [4.69, 9.17) is 4.74 Å². The van der Waals surface area contributed by atoms with Gasteiger partial charge in [0, 0.05) is 49.9 Å². The van der Waals surface area contributed by atoms with E-state index in [2.05, 4.69) is 15.4 Å². The number of ether oxygens (including phenoxy) is 1. The second kappa shape index (κ2) is 8.35. The third kappa shape index (κ3) is 5.27. The highest BCUT2D eigenvalue weighted by Crippen LogP contribution is 2.21. The van der Waals surface area contributed by atoms with Gasteiger partial charge in [0.05, 0.1) is 11.3 Å². The molecule has 2 aromatic heterocycles. The van der Waals surface area contributed by atoms with E-state index in [0.29, 0.717) is 18.7 Å². The Balaban J connectivity index is 1.60. The van der Waals surface area contributed by atoms with Crippen LogP contribution in [0.1, 0.15) is 42.3 Å². The van der Waals surface area contributed by atoms with E-state index in [1.807, 2.05) is 63.0 Å². The van der Waals surface area contributed by atoms with Gasteiger partial charge in [0.2, 0.25) is 0 Å². The number of aromatic nitrogens is 3. The molecule has 0 fully saturated rings. The average molecular weight is 378 g/mol. The van der Waals surface area contributed by atoms with Crippen molar-refractivity contribution in [2.45, 2.75) is 39.5 Å². The van der Waals surface area contributed by atoms with Crippen LogP contribution in [0.4, 0.5) is 0 Å². The molecule has 0 aliphatic rings. The highest BCUT2D eigenvalue weighted by Gasteiger charge is 2.17.